The van der Waals surface area contributed by atoms with E-state index in [-0.39, 0.29) is 17.3 Å². The number of carbonyl (C=O) groups excluding carboxylic acids is 1. The quantitative estimate of drug-likeness (QED) is 0.393. The number of aromatic amines is 1. The Bertz CT molecular complexity index is 1570. The summed E-state index contributed by atoms with van der Waals surface area (Å²) in [5.74, 6) is -2.36. The van der Waals surface area contributed by atoms with Gasteiger partial charge in [0.15, 0.2) is 17.3 Å². The van der Waals surface area contributed by atoms with Crippen LogP contribution in [0.5, 0.6) is 0 Å². The summed E-state index contributed by atoms with van der Waals surface area (Å²) in [5, 5.41) is 0. The highest BCUT2D eigenvalue weighted by atomic mass is 19.2. The van der Waals surface area contributed by atoms with Crippen LogP contribution in [0.3, 0.4) is 0 Å². The van der Waals surface area contributed by atoms with Crippen LogP contribution in [0.1, 0.15) is 60.2 Å². The zero-order valence-electron chi connectivity index (χ0n) is 20.4. The van der Waals surface area contributed by atoms with E-state index >= 15 is 0 Å². The number of benzene rings is 1. The summed E-state index contributed by atoms with van der Waals surface area (Å²) in [5.41, 5.74) is 8.82. The molecule has 11 heteroatoms. The number of H-pyrrole nitrogens is 1. The number of ether oxygens (including phenoxy) is 1. The van der Waals surface area contributed by atoms with Crippen LogP contribution in [0.15, 0.2) is 59.7 Å². The van der Waals surface area contributed by atoms with Gasteiger partial charge in [0, 0.05) is 37.4 Å². The van der Waals surface area contributed by atoms with Gasteiger partial charge in [0.2, 0.25) is 0 Å². The number of imidazole rings is 1. The summed E-state index contributed by atoms with van der Waals surface area (Å²) < 4.78 is 36.3. The highest BCUT2D eigenvalue weighted by Crippen LogP contribution is 2.43. The molecule has 0 radical (unpaired) electrons. The van der Waals surface area contributed by atoms with Crippen molar-refractivity contribution < 1.29 is 18.3 Å². The number of fused-ring (bicyclic) bond motifs is 2. The van der Waals surface area contributed by atoms with Crippen molar-refractivity contribution in [2.45, 2.75) is 43.4 Å². The predicted octanol–water partition coefficient (Wildman–Crippen LogP) is 4.10. The van der Waals surface area contributed by atoms with Crippen molar-refractivity contribution in [2.24, 2.45) is 5.73 Å². The maximum atomic E-state index is 14.7. The number of hydrogen-bond acceptors (Lipinski definition) is 6. The summed E-state index contributed by atoms with van der Waals surface area (Å²) in [4.78, 5) is 38.8. The molecule has 1 fully saturated rings. The second-order valence-electron chi connectivity index (χ2n) is 9.76. The molecule has 2 aliphatic rings. The first kappa shape index (κ1) is 24.2. The smallest absolute Gasteiger partial charge is 0.410 e. The predicted molar refractivity (Wildman–Crippen MR) is 134 cm³/mol. The Labute approximate surface area is 216 Å². The van der Waals surface area contributed by atoms with Crippen LogP contribution in [-0.4, -0.2) is 43.6 Å². The number of carbonyl (C=O) groups is 1. The van der Waals surface area contributed by atoms with Crippen LogP contribution in [0, 0.1) is 11.6 Å². The van der Waals surface area contributed by atoms with Gasteiger partial charge in [-0.2, -0.15) is 0 Å². The van der Waals surface area contributed by atoms with Crippen LogP contribution in [0.25, 0.3) is 11.2 Å². The van der Waals surface area contributed by atoms with Gasteiger partial charge in [0.1, 0.15) is 6.10 Å². The standard InChI is InChI=1S/C27H26F2N6O3/c28-19-6-1-4-16(22(19)29)17-8-9-21(24-18(23(17)30)5-2-11-31-24)38-27(37)34-13-10-15(14-34)35-20-7-3-12-32-25(20)33-26(35)36/h1-7,11-12,15,17,21,23H,8-10,13-14,30H2,(H,32,33,36)/t15?,17-,21+,23-/m0/s1. The third-order valence-electron chi connectivity index (χ3n) is 7.61. The minimum atomic E-state index is -0.929. The van der Waals surface area contributed by atoms with Gasteiger partial charge in [-0.25, -0.2) is 23.4 Å². The molecule has 196 valence electrons. The minimum Gasteiger partial charge on any atom is -0.440 e. The van der Waals surface area contributed by atoms with Crippen LogP contribution in [0.2, 0.25) is 0 Å². The van der Waals surface area contributed by atoms with Crippen molar-refractivity contribution >= 4 is 17.3 Å². The summed E-state index contributed by atoms with van der Waals surface area (Å²) in [6.45, 7) is 0.723. The maximum Gasteiger partial charge on any atom is 0.410 e. The number of pyridine rings is 2. The normalized spacial score (nSPS) is 23.3. The van der Waals surface area contributed by atoms with E-state index < -0.39 is 35.8 Å². The number of nitrogens with one attached hydrogen (secondary N) is 1. The van der Waals surface area contributed by atoms with E-state index in [9.17, 15) is 18.4 Å². The van der Waals surface area contributed by atoms with E-state index in [1.807, 2.05) is 6.07 Å². The van der Waals surface area contributed by atoms with E-state index in [1.54, 1.807) is 40.1 Å². The lowest BCUT2D eigenvalue weighted by Gasteiger charge is -2.23. The largest absolute Gasteiger partial charge is 0.440 e. The molecule has 1 aliphatic carbocycles. The van der Waals surface area contributed by atoms with Crippen molar-refractivity contribution in [3.8, 4) is 0 Å². The molecule has 6 rings (SSSR count). The van der Waals surface area contributed by atoms with Gasteiger partial charge in [0.25, 0.3) is 0 Å². The molecule has 1 unspecified atom stereocenters. The van der Waals surface area contributed by atoms with Gasteiger partial charge in [-0.05, 0) is 54.7 Å². The first-order valence-electron chi connectivity index (χ1n) is 12.6. The molecule has 3 N–H and O–H groups in total. The Morgan fingerprint density at radius 1 is 1.03 bits per heavy atom. The molecule has 0 spiro atoms. The maximum absolute atomic E-state index is 14.7. The van der Waals surface area contributed by atoms with Gasteiger partial charge in [0.05, 0.1) is 17.3 Å². The van der Waals surface area contributed by atoms with E-state index in [0.29, 0.717) is 54.8 Å². The number of likely N-dealkylation sites (tertiary alicyclic amines) is 1. The third kappa shape index (κ3) is 4.12. The van der Waals surface area contributed by atoms with Crippen LogP contribution in [0.4, 0.5) is 13.6 Å². The lowest BCUT2D eigenvalue weighted by Crippen LogP contribution is -2.32. The lowest BCUT2D eigenvalue weighted by atomic mass is 9.86. The molecule has 3 aromatic heterocycles. The fourth-order valence-corrected chi connectivity index (χ4v) is 5.75. The molecule has 38 heavy (non-hydrogen) atoms. The van der Waals surface area contributed by atoms with Gasteiger partial charge in [-0.3, -0.25) is 14.5 Å². The number of halogens is 2. The van der Waals surface area contributed by atoms with Crippen molar-refractivity contribution in [2.75, 3.05) is 13.1 Å². The fraction of sp³-hybridized carbons (Fsp3) is 0.333. The second kappa shape index (κ2) is 9.64. The first-order valence-corrected chi connectivity index (χ1v) is 12.6. The van der Waals surface area contributed by atoms with Gasteiger partial charge in [-0.15, -0.1) is 0 Å². The Hall–Kier alpha value is -4.12. The second-order valence-corrected chi connectivity index (χ2v) is 9.76. The molecule has 1 amide bonds. The average Bonchev–Trinajstić information content (AvgIpc) is 3.50. The topological polar surface area (TPSA) is 119 Å². The Kier molecular flexibility index (Phi) is 6.15. The number of rotatable bonds is 3. The molecule has 1 aromatic carbocycles. The Morgan fingerprint density at radius 3 is 2.68 bits per heavy atom. The van der Waals surface area contributed by atoms with E-state index in [4.69, 9.17) is 10.5 Å². The number of nitrogens with zero attached hydrogens (tertiary/aromatic N) is 4. The molecule has 4 atom stereocenters. The molecule has 4 heterocycles. The molecule has 0 saturated carbocycles. The summed E-state index contributed by atoms with van der Waals surface area (Å²) in [6, 6.07) is 10.3. The number of nitrogens with two attached hydrogens (primary N) is 1. The van der Waals surface area contributed by atoms with Crippen molar-refractivity contribution in [1.29, 1.82) is 0 Å². The Morgan fingerprint density at radius 2 is 1.82 bits per heavy atom. The molecule has 0 bridgehead atoms. The number of hydrogen-bond donors (Lipinski definition) is 2. The van der Waals surface area contributed by atoms with Gasteiger partial charge < -0.3 is 15.4 Å². The Balaban J connectivity index is 1.22. The minimum absolute atomic E-state index is 0.195. The monoisotopic (exact) mass is 520 g/mol. The van der Waals surface area contributed by atoms with Crippen molar-refractivity contribution in [3.63, 3.8) is 0 Å². The molecular formula is C27H26F2N6O3. The van der Waals surface area contributed by atoms with E-state index in [1.165, 1.54) is 12.1 Å². The zero-order valence-corrected chi connectivity index (χ0v) is 20.4. The highest BCUT2D eigenvalue weighted by molar-refractivity contribution is 5.71. The van der Waals surface area contributed by atoms with Crippen molar-refractivity contribution in [3.05, 3.63) is 93.8 Å². The van der Waals surface area contributed by atoms with E-state index in [0.717, 1.165) is 6.07 Å². The summed E-state index contributed by atoms with van der Waals surface area (Å²) in [7, 11) is 0. The molecule has 1 aliphatic heterocycles. The summed E-state index contributed by atoms with van der Waals surface area (Å²) >= 11 is 0. The van der Waals surface area contributed by atoms with Crippen LogP contribution < -0.4 is 11.4 Å². The molecular weight excluding hydrogens is 494 g/mol. The molecule has 4 aromatic rings. The third-order valence-corrected chi connectivity index (χ3v) is 7.61. The first-order chi connectivity index (χ1) is 18.4. The molecule has 1 saturated heterocycles. The van der Waals surface area contributed by atoms with E-state index in [2.05, 4.69) is 15.0 Å². The zero-order chi connectivity index (χ0) is 26.4. The summed E-state index contributed by atoms with van der Waals surface area (Å²) in [6.07, 6.45) is 3.28. The van der Waals surface area contributed by atoms with Gasteiger partial charge >= 0.3 is 11.8 Å². The number of amides is 1. The molecule has 9 nitrogen and oxygen atoms in total. The van der Waals surface area contributed by atoms with Crippen molar-refractivity contribution in [1.82, 2.24) is 24.4 Å². The van der Waals surface area contributed by atoms with Crippen LogP contribution in [-0.2, 0) is 4.74 Å². The highest BCUT2D eigenvalue weighted by Gasteiger charge is 2.37. The lowest BCUT2D eigenvalue weighted by molar-refractivity contribution is 0.0607. The average molecular weight is 521 g/mol. The van der Waals surface area contributed by atoms with Gasteiger partial charge in [-0.1, -0.05) is 18.2 Å². The SMILES string of the molecule is N[C@@H]1c2cccnc2[C@H](OC(=O)N2CCC(n3c(=O)[nH]c4ncccc43)C2)CC[C@H]1c1cccc(F)c1F. The number of aromatic nitrogens is 4. The van der Waals surface area contributed by atoms with Crippen LogP contribution >= 0.6 is 0 Å². The fourth-order valence-electron chi connectivity index (χ4n) is 5.75.